The Morgan fingerprint density at radius 1 is 1.42 bits per heavy atom. The van der Waals surface area contributed by atoms with Crippen LogP contribution in [0.3, 0.4) is 0 Å². The Hall–Kier alpha value is -1.67. The minimum Gasteiger partial charge on any atom is -0.478 e. The van der Waals surface area contributed by atoms with E-state index >= 15 is 0 Å². The van der Waals surface area contributed by atoms with Crippen LogP contribution in [-0.2, 0) is 10.2 Å². The molecule has 0 radical (unpaired) electrons. The van der Waals surface area contributed by atoms with Crippen molar-refractivity contribution < 1.29 is 22.7 Å². The number of carboxylic acids is 1. The maximum absolute atomic E-state index is 13.4. The molecule has 106 valence electrons. The first-order valence-corrected chi connectivity index (χ1v) is 7.00. The lowest BCUT2D eigenvalue weighted by Gasteiger charge is -2.11. The maximum atomic E-state index is 13.4. The standard InChI is InChI=1S/C11H15FN2O4S/c1-7(2)6-13-19(17,18)14-10-5-8(11(15)16)3-4-9(10)12/h3-5,7,13-14H,6H2,1-2H3,(H,15,16). The van der Waals surface area contributed by atoms with Crippen LogP contribution in [0.4, 0.5) is 10.1 Å². The lowest BCUT2D eigenvalue weighted by Crippen LogP contribution is -2.33. The molecule has 1 aromatic carbocycles. The van der Waals surface area contributed by atoms with Crippen molar-refractivity contribution in [1.29, 1.82) is 0 Å². The van der Waals surface area contributed by atoms with E-state index in [1.54, 1.807) is 0 Å². The maximum Gasteiger partial charge on any atom is 0.335 e. The molecule has 0 saturated carbocycles. The highest BCUT2D eigenvalue weighted by molar-refractivity contribution is 7.90. The van der Waals surface area contributed by atoms with Gasteiger partial charge in [0.05, 0.1) is 11.3 Å². The number of hydrogen-bond donors (Lipinski definition) is 3. The summed E-state index contributed by atoms with van der Waals surface area (Å²) in [6.45, 7) is 3.82. The molecule has 3 N–H and O–H groups in total. The molecule has 0 aliphatic heterocycles. The number of nitrogens with one attached hydrogen (secondary N) is 2. The van der Waals surface area contributed by atoms with Gasteiger partial charge in [-0.25, -0.2) is 9.18 Å². The summed E-state index contributed by atoms with van der Waals surface area (Å²) in [4.78, 5) is 10.7. The summed E-state index contributed by atoms with van der Waals surface area (Å²) in [6, 6.07) is 2.87. The molecule has 0 bridgehead atoms. The predicted molar refractivity (Wildman–Crippen MR) is 68.7 cm³/mol. The molecule has 6 nitrogen and oxygen atoms in total. The van der Waals surface area contributed by atoms with Crippen LogP contribution in [0.25, 0.3) is 0 Å². The van der Waals surface area contributed by atoms with Gasteiger partial charge in [-0.3, -0.25) is 4.72 Å². The van der Waals surface area contributed by atoms with Crippen LogP contribution in [-0.4, -0.2) is 26.0 Å². The van der Waals surface area contributed by atoms with Gasteiger partial charge in [0.2, 0.25) is 0 Å². The van der Waals surface area contributed by atoms with E-state index < -0.39 is 27.7 Å². The first-order chi connectivity index (χ1) is 8.71. The van der Waals surface area contributed by atoms with Crippen LogP contribution in [0.5, 0.6) is 0 Å². The normalized spacial score (nSPS) is 11.6. The quantitative estimate of drug-likeness (QED) is 0.738. The Bertz CT molecular complexity index is 572. The second-order valence-electron chi connectivity index (χ2n) is 4.35. The van der Waals surface area contributed by atoms with E-state index in [4.69, 9.17) is 5.11 Å². The summed E-state index contributed by atoms with van der Waals surface area (Å²) >= 11 is 0. The molecule has 0 spiro atoms. The van der Waals surface area contributed by atoms with Gasteiger partial charge in [0.1, 0.15) is 5.82 Å². The summed E-state index contributed by atoms with van der Waals surface area (Å²) < 4.78 is 40.8. The van der Waals surface area contributed by atoms with Crippen LogP contribution in [0.1, 0.15) is 24.2 Å². The van der Waals surface area contributed by atoms with Crippen molar-refractivity contribution in [3.8, 4) is 0 Å². The second-order valence-corrected chi connectivity index (χ2v) is 5.85. The Balaban J connectivity index is 2.92. The van der Waals surface area contributed by atoms with Gasteiger partial charge < -0.3 is 5.11 Å². The fourth-order valence-corrected chi connectivity index (χ4v) is 2.26. The summed E-state index contributed by atoms with van der Waals surface area (Å²) in [5.74, 6) is -2.03. The Kier molecular flexibility index (Phi) is 4.84. The topological polar surface area (TPSA) is 95.5 Å². The number of benzene rings is 1. The number of hydrogen-bond acceptors (Lipinski definition) is 3. The molecule has 0 fully saturated rings. The van der Waals surface area contributed by atoms with E-state index in [0.717, 1.165) is 18.2 Å². The summed E-state index contributed by atoms with van der Waals surface area (Å²) in [6.07, 6.45) is 0. The average molecular weight is 290 g/mol. The minimum atomic E-state index is -3.93. The van der Waals surface area contributed by atoms with E-state index in [2.05, 4.69) is 4.72 Å². The molecule has 0 atom stereocenters. The number of carbonyl (C=O) groups is 1. The van der Waals surface area contributed by atoms with Crippen molar-refractivity contribution >= 4 is 21.9 Å². The van der Waals surface area contributed by atoms with Crippen molar-refractivity contribution in [1.82, 2.24) is 4.72 Å². The molecule has 0 aliphatic carbocycles. The van der Waals surface area contributed by atoms with Gasteiger partial charge in [0, 0.05) is 6.54 Å². The van der Waals surface area contributed by atoms with Crippen molar-refractivity contribution in [3.63, 3.8) is 0 Å². The molecule has 0 heterocycles. The van der Waals surface area contributed by atoms with Crippen molar-refractivity contribution in [2.24, 2.45) is 5.92 Å². The number of aromatic carboxylic acids is 1. The van der Waals surface area contributed by atoms with Gasteiger partial charge in [-0.2, -0.15) is 13.1 Å². The highest BCUT2D eigenvalue weighted by Crippen LogP contribution is 2.17. The number of halogens is 1. The molecule has 19 heavy (non-hydrogen) atoms. The minimum absolute atomic E-state index is 0.0896. The zero-order valence-corrected chi connectivity index (χ0v) is 11.3. The van der Waals surface area contributed by atoms with Gasteiger partial charge in [-0.1, -0.05) is 13.8 Å². The molecule has 0 saturated heterocycles. The molecular formula is C11H15FN2O4S. The summed E-state index contributed by atoms with van der Waals surface area (Å²) in [5, 5.41) is 8.76. The van der Waals surface area contributed by atoms with Crippen LogP contribution in [0.2, 0.25) is 0 Å². The average Bonchev–Trinajstić information content (AvgIpc) is 2.29. The molecule has 8 heteroatoms. The first-order valence-electron chi connectivity index (χ1n) is 5.51. The summed E-state index contributed by atoms with van der Waals surface area (Å²) in [7, 11) is -3.93. The lowest BCUT2D eigenvalue weighted by molar-refractivity contribution is 0.0697. The highest BCUT2D eigenvalue weighted by Gasteiger charge is 2.15. The van der Waals surface area contributed by atoms with E-state index in [-0.39, 0.29) is 18.0 Å². The third-order valence-electron chi connectivity index (χ3n) is 2.14. The molecule has 1 rings (SSSR count). The largest absolute Gasteiger partial charge is 0.478 e. The van der Waals surface area contributed by atoms with Gasteiger partial charge in [-0.15, -0.1) is 0 Å². The molecule has 0 amide bonds. The van der Waals surface area contributed by atoms with Gasteiger partial charge in [-0.05, 0) is 24.1 Å². The Morgan fingerprint density at radius 3 is 2.58 bits per heavy atom. The number of carboxylic acid groups (broad SMARTS) is 1. The van der Waals surface area contributed by atoms with Gasteiger partial charge in [0.15, 0.2) is 0 Å². The smallest absolute Gasteiger partial charge is 0.335 e. The monoisotopic (exact) mass is 290 g/mol. The zero-order valence-electron chi connectivity index (χ0n) is 10.5. The Labute approximate surface area is 110 Å². The van der Waals surface area contributed by atoms with Crippen molar-refractivity contribution in [2.75, 3.05) is 11.3 Å². The molecule has 1 aromatic rings. The van der Waals surface area contributed by atoms with E-state index in [1.807, 2.05) is 18.6 Å². The van der Waals surface area contributed by atoms with Crippen LogP contribution < -0.4 is 9.44 Å². The van der Waals surface area contributed by atoms with Gasteiger partial charge in [0.25, 0.3) is 10.2 Å². The zero-order chi connectivity index (χ0) is 14.6. The Morgan fingerprint density at radius 2 is 2.05 bits per heavy atom. The molecule has 0 unspecified atom stereocenters. The van der Waals surface area contributed by atoms with E-state index in [1.165, 1.54) is 0 Å². The van der Waals surface area contributed by atoms with E-state index in [0.29, 0.717) is 0 Å². The third kappa shape index (κ3) is 4.84. The predicted octanol–water partition coefficient (Wildman–Crippen LogP) is 1.43. The second kappa shape index (κ2) is 5.98. The first kappa shape index (κ1) is 15.4. The number of rotatable bonds is 6. The van der Waals surface area contributed by atoms with Crippen molar-refractivity contribution in [3.05, 3.63) is 29.6 Å². The third-order valence-corrected chi connectivity index (χ3v) is 3.17. The molecular weight excluding hydrogens is 275 g/mol. The SMILES string of the molecule is CC(C)CNS(=O)(=O)Nc1cc(C(=O)O)ccc1F. The summed E-state index contributed by atoms with van der Waals surface area (Å²) in [5.41, 5.74) is -0.612. The molecule has 0 aliphatic rings. The van der Waals surface area contributed by atoms with Gasteiger partial charge >= 0.3 is 5.97 Å². The van der Waals surface area contributed by atoms with Crippen LogP contribution in [0, 0.1) is 11.7 Å². The van der Waals surface area contributed by atoms with E-state index in [9.17, 15) is 17.6 Å². The number of anilines is 1. The van der Waals surface area contributed by atoms with Crippen LogP contribution >= 0.6 is 0 Å². The fraction of sp³-hybridized carbons (Fsp3) is 0.364. The fourth-order valence-electron chi connectivity index (χ4n) is 1.19. The molecule has 0 aromatic heterocycles. The lowest BCUT2D eigenvalue weighted by atomic mass is 10.2. The van der Waals surface area contributed by atoms with Crippen LogP contribution in [0.15, 0.2) is 18.2 Å². The van der Waals surface area contributed by atoms with Crippen molar-refractivity contribution in [2.45, 2.75) is 13.8 Å². The highest BCUT2D eigenvalue weighted by atomic mass is 32.2.